The average Bonchev–Trinajstić information content (AvgIpc) is 2.41. The zero-order valence-electron chi connectivity index (χ0n) is 8.48. The van der Waals surface area contributed by atoms with Crippen LogP contribution in [-0.4, -0.2) is 15.6 Å². The number of phenols is 1. The Morgan fingerprint density at radius 2 is 2.20 bits per heavy atom. The van der Waals surface area contributed by atoms with Crippen LogP contribution in [0, 0.1) is 10.1 Å². The van der Waals surface area contributed by atoms with Crippen LogP contribution in [0.25, 0.3) is 0 Å². The van der Waals surface area contributed by atoms with Crippen molar-refractivity contribution in [2.75, 3.05) is 0 Å². The van der Waals surface area contributed by atoms with Crippen LogP contribution < -0.4 is 4.74 Å². The minimum absolute atomic E-state index is 0.00775. The van der Waals surface area contributed by atoms with Gasteiger partial charge in [0.05, 0.1) is 10.5 Å². The number of ether oxygens (including phenoxy) is 1. The summed E-state index contributed by atoms with van der Waals surface area (Å²) in [5.74, 6) is 0.204. The highest BCUT2D eigenvalue weighted by Crippen LogP contribution is 2.45. The molecule has 0 fully saturated rings. The molecule has 0 unspecified atom stereocenters. The molecular formula is C10H11NO4. The van der Waals surface area contributed by atoms with E-state index in [0.29, 0.717) is 12.0 Å². The molecule has 5 heteroatoms. The number of fused-ring (bicyclic) bond motifs is 1. The number of rotatable bonds is 1. The van der Waals surface area contributed by atoms with E-state index >= 15 is 0 Å². The number of nitrogens with zero attached hydrogens (tertiary/aromatic N) is 1. The van der Waals surface area contributed by atoms with Gasteiger partial charge in [-0.1, -0.05) is 0 Å². The fourth-order valence-electron chi connectivity index (χ4n) is 1.80. The third-order valence-electron chi connectivity index (χ3n) is 2.39. The summed E-state index contributed by atoms with van der Waals surface area (Å²) in [5.41, 5.74) is -0.00951. The van der Waals surface area contributed by atoms with Gasteiger partial charge in [-0.15, -0.1) is 0 Å². The van der Waals surface area contributed by atoms with Crippen LogP contribution in [-0.2, 0) is 6.42 Å². The van der Waals surface area contributed by atoms with Crippen molar-refractivity contribution in [2.24, 2.45) is 0 Å². The first-order valence-electron chi connectivity index (χ1n) is 4.59. The van der Waals surface area contributed by atoms with Crippen LogP contribution >= 0.6 is 0 Å². The fourth-order valence-corrected chi connectivity index (χ4v) is 1.80. The van der Waals surface area contributed by atoms with Crippen molar-refractivity contribution in [1.29, 1.82) is 0 Å². The number of aromatic hydroxyl groups is 1. The Morgan fingerprint density at radius 1 is 1.53 bits per heavy atom. The lowest BCUT2D eigenvalue weighted by Gasteiger charge is -2.16. The van der Waals surface area contributed by atoms with Crippen LogP contribution in [0.5, 0.6) is 11.5 Å². The second-order valence-electron chi connectivity index (χ2n) is 4.21. The zero-order valence-corrected chi connectivity index (χ0v) is 8.48. The van der Waals surface area contributed by atoms with E-state index in [4.69, 9.17) is 4.74 Å². The number of nitro benzene ring substituents is 1. The van der Waals surface area contributed by atoms with E-state index in [0.717, 1.165) is 0 Å². The van der Waals surface area contributed by atoms with Crippen LogP contribution in [0.4, 0.5) is 5.69 Å². The maximum Gasteiger partial charge on any atom is 0.276 e. The SMILES string of the molecule is CC1(C)Cc2c([N+](=O)[O-])ccc(O)c2O1. The van der Waals surface area contributed by atoms with Crippen molar-refractivity contribution in [2.45, 2.75) is 25.9 Å². The fraction of sp³-hybridized carbons (Fsp3) is 0.400. The first-order chi connectivity index (χ1) is 6.91. The van der Waals surface area contributed by atoms with Crippen molar-refractivity contribution in [3.63, 3.8) is 0 Å². The van der Waals surface area contributed by atoms with Gasteiger partial charge < -0.3 is 9.84 Å². The summed E-state index contributed by atoms with van der Waals surface area (Å²) in [4.78, 5) is 10.3. The smallest absolute Gasteiger partial charge is 0.276 e. The maximum absolute atomic E-state index is 10.8. The summed E-state index contributed by atoms with van der Waals surface area (Å²) in [6, 6.07) is 2.59. The number of phenolic OH excluding ortho intramolecular Hbond substituents is 1. The molecule has 15 heavy (non-hydrogen) atoms. The molecule has 0 amide bonds. The molecule has 0 radical (unpaired) electrons. The second-order valence-corrected chi connectivity index (χ2v) is 4.21. The van der Waals surface area contributed by atoms with Crippen LogP contribution in [0.3, 0.4) is 0 Å². The highest BCUT2D eigenvalue weighted by Gasteiger charge is 2.37. The van der Waals surface area contributed by atoms with Crippen molar-refractivity contribution in [3.8, 4) is 11.5 Å². The van der Waals surface area contributed by atoms with Crippen molar-refractivity contribution in [3.05, 3.63) is 27.8 Å². The molecule has 0 aliphatic carbocycles. The summed E-state index contributed by atoms with van der Waals surface area (Å²) in [6.45, 7) is 3.66. The van der Waals surface area contributed by atoms with Gasteiger partial charge in [0, 0.05) is 12.5 Å². The molecular weight excluding hydrogens is 198 g/mol. The van der Waals surface area contributed by atoms with Gasteiger partial charge in [0.25, 0.3) is 5.69 Å². The van der Waals surface area contributed by atoms with Gasteiger partial charge in [-0.05, 0) is 19.9 Å². The summed E-state index contributed by atoms with van der Waals surface area (Å²) in [7, 11) is 0. The number of hydrogen-bond donors (Lipinski definition) is 1. The van der Waals surface area contributed by atoms with Crippen LogP contribution in [0.2, 0.25) is 0 Å². The summed E-state index contributed by atoms with van der Waals surface area (Å²) >= 11 is 0. The molecule has 0 atom stereocenters. The van der Waals surface area contributed by atoms with E-state index < -0.39 is 10.5 Å². The molecule has 2 rings (SSSR count). The van der Waals surface area contributed by atoms with Gasteiger partial charge in [-0.25, -0.2) is 0 Å². The summed E-state index contributed by atoms with van der Waals surface area (Å²) < 4.78 is 5.46. The van der Waals surface area contributed by atoms with E-state index in [9.17, 15) is 15.2 Å². The third kappa shape index (κ3) is 1.49. The monoisotopic (exact) mass is 209 g/mol. The summed E-state index contributed by atoms with van der Waals surface area (Å²) in [5, 5.41) is 20.3. The molecule has 1 heterocycles. The molecule has 1 aliphatic heterocycles. The topological polar surface area (TPSA) is 72.6 Å². The number of hydrogen-bond acceptors (Lipinski definition) is 4. The molecule has 0 saturated carbocycles. The van der Waals surface area contributed by atoms with Crippen molar-refractivity contribution < 1.29 is 14.8 Å². The Bertz CT molecular complexity index is 439. The van der Waals surface area contributed by atoms with E-state index in [1.165, 1.54) is 12.1 Å². The van der Waals surface area contributed by atoms with E-state index in [2.05, 4.69) is 0 Å². The van der Waals surface area contributed by atoms with Crippen LogP contribution in [0.15, 0.2) is 12.1 Å². The number of benzene rings is 1. The Morgan fingerprint density at radius 3 is 2.80 bits per heavy atom. The predicted molar refractivity (Wildman–Crippen MR) is 53.2 cm³/mol. The van der Waals surface area contributed by atoms with E-state index in [1.54, 1.807) is 0 Å². The zero-order chi connectivity index (χ0) is 11.2. The van der Waals surface area contributed by atoms with Gasteiger partial charge in [0.2, 0.25) is 0 Å². The highest BCUT2D eigenvalue weighted by atomic mass is 16.6. The van der Waals surface area contributed by atoms with E-state index in [-0.39, 0.29) is 17.2 Å². The van der Waals surface area contributed by atoms with Crippen LogP contribution in [0.1, 0.15) is 19.4 Å². The standard InChI is InChI=1S/C10H11NO4/c1-10(2)5-6-7(11(13)14)3-4-8(12)9(6)15-10/h3-4,12H,5H2,1-2H3. The third-order valence-corrected chi connectivity index (χ3v) is 2.39. The molecule has 5 nitrogen and oxygen atoms in total. The molecule has 80 valence electrons. The van der Waals surface area contributed by atoms with Gasteiger partial charge in [0.15, 0.2) is 11.5 Å². The first kappa shape index (κ1) is 9.76. The highest BCUT2D eigenvalue weighted by molar-refractivity contribution is 5.59. The summed E-state index contributed by atoms with van der Waals surface area (Å²) in [6.07, 6.45) is 0.438. The molecule has 0 bridgehead atoms. The molecule has 1 aromatic rings. The Labute approximate surface area is 86.4 Å². The minimum Gasteiger partial charge on any atom is -0.504 e. The maximum atomic E-state index is 10.8. The Kier molecular flexibility index (Phi) is 1.86. The van der Waals surface area contributed by atoms with Gasteiger partial charge in [-0.2, -0.15) is 0 Å². The lowest BCUT2D eigenvalue weighted by molar-refractivity contribution is -0.385. The molecule has 1 N–H and O–H groups in total. The normalized spacial score (nSPS) is 16.9. The molecule has 0 saturated heterocycles. The van der Waals surface area contributed by atoms with Gasteiger partial charge in [0.1, 0.15) is 5.60 Å². The minimum atomic E-state index is -0.494. The van der Waals surface area contributed by atoms with Crippen molar-refractivity contribution >= 4 is 5.69 Å². The molecule has 1 aliphatic rings. The second kappa shape index (κ2) is 2.85. The van der Waals surface area contributed by atoms with Gasteiger partial charge in [-0.3, -0.25) is 10.1 Å². The molecule has 0 aromatic heterocycles. The Hall–Kier alpha value is -1.78. The molecule has 1 aromatic carbocycles. The van der Waals surface area contributed by atoms with E-state index in [1.807, 2.05) is 13.8 Å². The predicted octanol–water partition coefficient (Wildman–Crippen LogP) is 2.01. The van der Waals surface area contributed by atoms with Crippen molar-refractivity contribution in [1.82, 2.24) is 0 Å². The molecule has 0 spiro atoms. The number of nitro groups is 1. The lowest BCUT2D eigenvalue weighted by atomic mass is 10.0. The average molecular weight is 209 g/mol. The largest absolute Gasteiger partial charge is 0.504 e. The Balaban J connectivity index is 2.60. The quantitative estimate of drug-likeness (QED) is 0.567. The lowest BCUT2D eigenvalue weighted by Crippen LogP contribution is -2.24. The van der Waals surface area contributed by atoms with Gasteiger partial charge >= 0.3 is 0 Å². The first-order valence-corrected chi connectivity index (χ1v) is 4.59.